The van der Waals surface area contributed by atoms with Gasteiger partial charge in [0.15, 0.2) is 0 Å². The topological polar surface area (TPSA) is 38.3 Å². The van der Waals surface area contributed by atoms with E-state index < -0.39 is 5.60 Å². The Hall–Kier alpha value is -1.51. The highest BCUT2D eigenvalue weighted by Crippen LogP contribution is 2.21. The molecule has 22 heavy (non-hydrogen) atoms. The fourth-order valence-electron chi connectivity index (χ4n) is 2.33. The summed E-state index contributed by atoms with van der Waals surface area (Å²) in [4.78, 5) is 12.3. The molecule has 1 unspecified atom stereocenters. The molecular weight excluding hydrogens is 274 g/mol. The van der Waals surface area contributed by atoms with Crippen LogP contribution in [0.3, 0.4) is 0 Å². The van der Waals surface area contributed by atoms with Crippen LogP contribution < -0.4 is 5.32 Å². The first-order valence-corrected chi connectivity index (χ1v) is 8.42. The second kappa shape index (κ2) is 8.82. The molecule has 0 bridgehead atoms. The number of ether oxygens (including phenoxy) is 1. The maximum atomic E-state index is 12.3. The van der Waals surface area contributed by atoms with Crippen LogP contribution in [0.5, 0.6) is 0 Å². The molecule has 0 aromatic heterocycles. The molecule has 1 aromatic carbocycles. The molecule has 0 aliphatic heterocycles. The summed E-state index contributed by atoms with van der Waals surface area (Å²) in [6.07, 6.45) is 6.15. The van der Waals surface area contributed by atoms with Crippen LogP contribution in [0.25, 0.3) is 0 Å². The lowest BCUT2D eigenvalue weighted by Gasteiger charge is -2.22. The predicted molar refractivity (Wildman–Crippen MR) is 93.5 cm³/mol. The third kappa shape index (κ3) is 6.97. The molecule has 3 heteroatoms. The summed E-state index contributed by atoms with van der Waals surface area (Å²) in [6, 6.07) is 7.93. The van der Waals surface area contributed by atoms with Gasteiger partial charge in [0.2, 0.25) is 0 Å². The van der Waals surface area contributed by atoms with E-state index in [0.717, 1.165) is 12.1 Å². The van der Waals surface area contributed by atoms with E-state index in [2.05, 4.69) is 19.2 Å². The van der Waals surface area contributed by atoms with Gasteiger partial charge >= 0.3 is 5.97 Å². The van der Waals surface area contributed by atoms with Crippen molar-refractivity contribution in [3.05, 3.63) is 29.8 Å². The number of carbonyl (C=O) groups is 1. The van der Waals surface area contributed by atoms with Crippen LogP contribution in [0.2, 0.25) is 0 Å². The number of unbranched alkanes of at least 4 members (excludes halogenated alkanes) is 3. The van der Waals surface area contributed by atoms with Crippen LogP contribution in [0.4, 0.5) is 5.69 Å². The number of hydrogen-bond acceptors (Lipinski definition) is 3. The summed E-state index contributed by atoms with van der Waals surface area (Å²) >= 11 is 0. The number of esters is 1. The molecule has 0 fully saturated rings. The van der Waals surface area contributed by atoms with Crippen molar-refractivity contribution in [2.24, 2.45) is 0 Å². The van der Waals surface area contributed by atoms with E-state index in [-0.39, 0.29) is 5.97 Å². The van der Waals surface area contributed by atoms with E-state index in [4.69, 9.17) is 4.74 Å². The van der Waals surface area contributed by atoms with E-state index in [1.807, 2.05) is 45.0 Å². The van der Waals surface area contributed by atoms with Gasteiger partial charge in [-0.25, -0.2) is 4.79 Å². The summed E-state index contributed by atoms with van der Waals surface area (Å²) in [7, 11) is 0. The maximum Gasteiger partial charge on any atom is 0.340 e. The van der Waals surface area contributed by atoms with Crippen LogP contribution in [0, 0.1) is 0 Å². The predicted octanol–water partition coefficient (Wildman–Crippen LogP) is 5.41. The molecule has 0 radical (unpaired) electrons. The normalized spacial score (nSPS) is 12.8. The molecule has 0 aliphatic carbocycles. The molecule has 1 aromatic rings. The van der Waals surface area contributed by atoms with Gasteiger partial charge in [0.25, 0.3) is 0 Å². The Morgan fingerprint density at radius 2 is 1.86 bits per heavy atom. The van der Waals surface area contributed by atoms with Crippen LogP contribution in [0.15, 0.2) is 24.3 Å². The molecule has 1 rings (SSSR count). The van der Waals surface area contributed by atoms with Crippen molar-refractivity contribution in [2.45, 2.75) is 78.4 Å². The van der Waals surface area contributed by atoms with E-state index in [1.165, 1.54) is 25.7 Å². The largest absolute Gasteiger partial charge is 0.456 e. The van der Waals surface area contributed by atoms with Crippen LogP contribution >= 0.6 is 0 Å². The molecule has 1 atom stereocenters. The van der Waals surface area contributed by atoms with Gasteiger partial charge < -0.3 is 10.1 Å². The van der Waals surface area contributed by atoms with Crippen molar-refractivity contribution in [1.29, 1.82) is 0 Å². The van der Waals surface area contributed by atoms with Gasteiger partial charge in [-0.2, -0.15) is 0 Å². The highest BCUT2D eigenvalue weighted by atomic mass is 16.6. The highest BCUT2D eigenvalue weighted by molar-refractivity contribution is 5.95. The number of carbonyl (C=O) groups excluding carboxylic acids is 1. The summed E-state index contributed by atoms with van der Waals surface area (Å²) < 4.78 is 5.48. The number of anilines is 1. The molecule has 124 valence electrons. The second-order valence-corrected chi connectivity index (χ2v) is 6.94. The van der Waals surface area contributed by atoms with Crippen LogP contribution in [-0.4, -0.2) is 17.6 Å². The summed E-state index contributed by atoms with van der Waals surface area (Å²) in [6.45, 7) is 10.0. The average Bonchev–Trinajstić information content (AvgIpc) is 2.42. The summed E-state index contributed by atoms with van der Waals surface area (Å²) in [5.74, 6) is -0.270. The zero-order valence-electron chi connectivity index (χ0n) is 14.7. The van der Waals surface area contributed by atoms with Gasteiger partial charge in [-0.1, -0.05) is 44.7 Å². The monoisotopic (exact) mass is 305 g/mol. The standard InChI is InChI=1S/C19H31NO2/c1-6-7-8-9-12-15(2)20-17-14-11-10-13-16(17)18(21)22-19(3,4)5/h10-11,13-15,20H,6-9,12H2,1-5H3. The Labute approximate surface area is 135 Å². The van der Waals surface area contributed by atoms with Gasteiger partial charge in [-0.05, 0) is 46.2 Å². The second-order valence-electron chi connectivity index (χ2n) is 6.94. The fraction of sp³-hybridized carbons (Fsp3) is 0.632. The molecule has 1 N–H and O–H groups in total. The summed E-state index contributed by atoms with van der Waals surface area (Å²) in [5.41, 5.74) is 0.994. The van der Waals surface area contributed by atoms with Crippen molar-refractivity contribution in [3.8, 4) is 0 Å². The molecule has 3 nitrogen and oxygen atoms in total. The third-order valence-corrected chi connectivity index (χ3v) is 3.44. The molecular formula is C19H31NO2. The molecule has 0 saturated carbocycles. The van der Waals surface area contributed by atoms with Crippen molar-refractivity contribution in [1.82, 2.24) is 0 Å². The minimum absolute atomic E-state index is 0.270. The zero-order chi connectivity index (χ0) is 16.6. The molecule has 0 spiro atoms. The van der Waals surface area contributed by atoms with Gasteiger partial charge in [0.05, 0.1) is 5.56 Å². The van der Waals surface area contributed by atoms with Gasteiger partial charge in [0, 0.05) is 11.7 Å². The summed E-state index contributed by atoms with van der Waals surface area (Å²) in [5, 5.41) is 3.45. The first-order valence-electron chi connectivity index (χ1n) is 8.42. The lowest BCUT2D eigenvalue weighted by Crippen LogP contribution is -2.25. The lowest BCUT2D eigenvalue weighted by molar-refractivity contribution is 0.00706. The molecule has 0 amide bonds. The molecule has 0 aliphatic rings. The molecule has 0 heterocycles. The first-order chi connectivity index (χ1) is 10.3. The molecule has 0 saturated heterocycles. The minimum Gasteiger partial charge on any atom is -0.456 e. The number of benzene rings is 1. The Morgan fingerprint density at radius 3 is 2.50 bits per heavy atom. The Balaban J connectivity index is 2.65. The number of hydrogen-bond donors (Lipinski definition) is 1. The lowest BCUT2D eigenvalue weighted by atomic mass is 10.1. The van der Waals surface area contributed by atoms with Crippen LogP contribution in [-0.2, 0) is 4.74 Å². The van der Waals surface area contributed by atoms with Crippen molar-refractivity contribution >= 4 is 11.7 Å². The number of rotatable bonds is 8. The number of para-hydroxylation sites is 1. The highest BCUT2D eigenvalue weighted by Gasteiger charge is 2.20. The van der Waals surface area contributed by atoms with E-state index in [0.29, 0.717) is 11.6 Å². The maximum absolute atomic E-state index is 12.3. The van der Waals surface area contributed by atoms with Gasteiger partial charge in [-0.15, -0.1) is 0 Å². The third-order valence-electron chi connectivity index (χ3n) is 3.44. The fourth-order valence-corrected chi connectivity index (χ4v) is 2.33. The number of nitrogens with one attached hydrogen (secondary N) is 1. The van der Waals surface area contributed by atoms with Crippen molar-refractivity contribution in [2.75, 3.05) is 5.32 Å². The van der Waals surface area contributed by atoms with Gasteiger partial charge in [0.1, 0.15) is 5.60 Å². The van der Waals surface area contributed by atoms with E-state index in [9.17, 15) is 4.79 Å². The van der Waals surface area contributed by atoms with Crippen molar-refractivity contribution in [3.63, 3.8) is 0 Å². The quantitative estimate of drug-likeness (QED) is 0.515. The van der Waals surface area contributed by atoms with Crippen molar-refractivity contribution < 1.29 is 9.53 Å². The SMILES string of the molecule is CCCCCCC(C)Nc1ccccc1C(=O)OC(C)(C)C. The zero-order valence-corrected chi connectivity index (χ0v) is 14.7. The average molecular weight is 305 g/mol. The Kier molecular flexibility index (Phi) is 7.43. The minimum atomic E-state index is -0.476. The van der Waals surface area contributed by atoms with E-state index in [1.54, 1.807) is 0 Å². The van der Waals surface area contributed by atoms with Crippen LogP contribution in [0.1, 0.15) is 77.1 Å². The van der Waals surface area contributed by atoms with Gasteiger partial charge in [-0.3, -0.25) is 0 Å². The Morgan fingerprint density at radius 1 is 1.18 bits per heavy atom. The Bertz CT molecular complexity index is 463. The van der Waals surface area contributed by atoms with E-state index >= 15 is 0 Å². The smallest absolute Gasteiger partial charge is 0.340 e. The first kappa shape index (κ1) is 18.5.